The van der Waals surface area contributed by atoms with Gasteiger partial charge in [-0.1, -0.05) is 184 Å². The van der Waals surface area contributed by atoms with Gasteiger partial charge in [0, 0.05) is 78.5 Å². The normalized spacial score (nSPS) is 15.0. The molecule has 4 atom stereocenters. The third kappa shape index (κ3) is 40.8. The fourth-order valence-corrected chi connectivity index (χ4v) is 10.4. The van der Waals surface area contributed by atoms with E-state index in [1.165, 1.54) is 77.0 Å². The number of hydrogen-bond donors (Lipinski definition) is 0. The van der Waals surface area contributed by atoms with Gasteiger partial charge in [0.1, 0.15) is 24.4 Å². The van der Waals surface area contributed by atoms with E-state index in [0.29, 0.717) is 45.6 Å². The molecule has 0 amide bonds. The monoisotopic (exact) mass is 1080 g/mol. The second-order valence-electron chi connectivity index (χ2n) is 22.8. The lowest BCUT2D eigenvalue weighted by molar-refractivity contribution is -0.152. The first-order chi connectivity index (χ1) is 37.0. The summed E-state index contributed by atoms with van der Waals surface area (Å²) < 4.78 is 24.6. The van der Waals surface area contributed by atoms with Gasteiger partial charge in [0.2, 0.25) is 0 Å². The van der Waals surface area contributed by atoms with Crippen LogP contribution in [0.1, 0.15) is 287 Å². The van der Waals surface area contributed by atoms with Crippen molar-refractivity contribution in [2.24, 2.45) is 0 Å². The SMILES string of the molecule is CCCCCCC(CCCC)OC(=O)CCN(CCC(=O)OC(CCCC)CCCCCC)CCN(CCC(=O)OC(CCCC)CCCCCC)CCN1CCN(CCC(=O)OC(CCCC)CCCCCC)CC1. The van der Waals surface area contributed by atoms with Crippen molar-refractivity contribution >= 4 is 23.9 Å². The van der Waals surface area contributed by atoms with Gasteiger partial charge in [0.25, 0.3) is 0 Å². The van der Waals surface area contributed by atoms with E-state index in [9.17, 15) is 19.2 Å². The van der Waals surface area contributed by atoms with Crippen LogP contribution in [0.3, 0.4) is 0 Å². The highest BCUT2D eigenvalue weighted by Crippen LogP contribution is 2.20. The summed E-state index contributed by atoms with van der Waals surface area (Å²) in [5, 5.41) is 0. The summed E-state index contributed by atoms with van der Waals surface area (Å²) in [6, 6.07) is 0. The predicted molar refractivity (Wildman–Crippen MR) is 317 cm³/mol. The maximum absolute atomic E-state index is 13.6. The average molecular weight is 1080 g/mol. The van der Waals surface area contributed by atoms with Gasteiger partial charge in [-0.2, -0.15) is 0 Å². The van der Waals surface area contributed by atoms with E-state index in [0.717, 1.165) is 174 Å². The Hall–Kier alpha value is -2.28. The fraction of sp³-hybridized carbons (Fsp3) is 0.938. The molecule has 76 heavy (non-hydrogen) atoms. The summed E-state index contributed by atoms with van der Waals surface area (Å²) in [6.07, 6.45) is 35.9. The lowest BCUT2D eigenvalue weighted by Crippen LogP contribution is -2.49. The summed E-state index contributed by atoms with van der Waals surface area (Å²) in [4.78, 5) is 63.4. The summed E-state index contributed by atoms with van der Waals surface area (Å²) >= 11 is 0. The molecular weight excluding hydrogens is 953 g/mol. The zero-order valence-electron chi connectivity index (χ0n) is 51.3. The van der Waals surface area contributed by atoms with Gasteiger partial charge in [-0.05, 0) is 77.0 Å². The third-order valence-electron chi connectivity index (χ3n) is 15.7. The first-order valence-corrected chi connectivity index (χ1v) is 32.7. The molecule has 448 valence electrons. The highest BCUT2D eigenvalue weighted by Gasteiger charge is 2.24. The van der Waals surface area contributed by atoms with Gasteiger partial charge in [-0.25, -0.2) is 0 Å². The molecular formula is C64H124N4O8. The Morgan fingerprint density at radius 3 is 0.842 bits per heavy atom. The Morgan fingerprint density at radius 2 is 0.553 bits per heavy atom. The topological polar surface area (TPSA) is 118 Å². The maximum atomic E-state index is 13.6. The van der Waals surface area contributed by atoms with E-state index in [-0.39, 0.29) is 61.1 Å². The van der Waals surface area contributed by atoms with Crippen LogP contribution in [0.5, 0.6) is 0 Å². The lowest BCUT2D eigenvalue weighted by atomic mass is 10.0. The molecule has 0 aromatic rings. The van der Waals surface area contributed by atoms with Gasteiger partial charge in [0.15, 0.2) is 0 Å². The summed E-state index contributed by atoms with van der Waals surface area (Å²) in [7, 11) is 0. The number of nitrogens with zero attached hydrogens (tertiary/aromatic N) is 4. The van der Waals surface area contributed by atoms with Crippen molar-refractivity contribution in [2.75, 3.05) is 78.5 Å². The van der Waals surface area contributed by atoms with Crippen molar-refractivity contribution in [3.05, 3.63) is 0 Å². The number of hydrogen-bond acceptors (Lipinski definition) is 12. The maximum Gasteiger partial charge on any atom is 0.307 e. The van der Waals surface area contributed by atoms with E-state index < -0.39 is 0 Å². The van der Waals surface area contributed by atoms with E-state index >= 15 is 0 Å². The van der Waals surface area contributed by atoms with Gasteiger partial charge >= 0.3 is 23.9 Å². The lowest BCUT2D eigenvalue weighted by Gasteiger charge is -2.36. The molecule has 1 heterocycles. The van der Waals surface area contributed by atoms with Crippen LogP contribution in [-0.4, -0.2) is 146 Å². The molecule has 12 nitrogen and oxygen atoms in total. The summed E-state index contributed by atoms with van der Waals surface area (Å²) in [5.41, 5.74) is 0. The molecule has 1 aliphatic rings. The average Bonchev–Trinajstić information content (AvgIpc) is 3.42. The van der Waals surface area contributed by atoms with Crippen molar-refractivity contribution < 1.29 is 38.1 Å². The number of piperazine rings is 1. The number of ether oxygens (including phenoxy) is 4. The Labute approximate surface area is 469 Å². The minimum atomic E-state index is -0.159. The fourth-order valence-electron chi connectivity index (χ4n) is 10.4. The molecule has 0 radical (unpaired) electrons. The van der Waals surface area contributed by atoms with Crippen molar-refractivity contribution in [2.45, 2.75) is 311 Å². The number of esters is 4. The largest absolute Gasteiger partial charge is 0.462 e. The minimum Gasteiger partial charge on any atom is -0.462 e. The van der Waals surface area contributed by atoms with E-state index in [2.05, 4.69) is 75.0 Å². The van der Waals surface area contributed by atoms with E-state index in [1.54, 1.807) is 0 Å². The van der Waals surface area contributed by atoms with Crippen LogP contribution in [0.4, 0.5) is 0 Å². The first-order valence-electron chi connectivity index (χ1n) is 32.7. The second kappa shape index (κ2) is 50.9. The molecule has 12 heteroatoms. The minimum absolute atomic E-state index is 0.0280. The van der Waals surface area contributed by atoms with Crippen LogP contribution < -0.4 is 0 Å². The van der Waals surface area contributed by atoms with Gasteiger partial charge in [0.05, 0.1) is 25.7 Å². The van der Waals surface area contributed by atoms with Crippen LogP contribution in [0.2, 0.25) is 0 Å². The molecule has 0 N–H and O–H groups in total. The van der Waals surface area contributed by atoms with E-state index in [4.69, 9.17) is 18.9 Å². The molecule has 1 fully saturated rings. The molecule has 0 bridgehead atoms. The zero-order valence-corrected chi connectivity index (χ0v) is 51.3. The Balaban J connectivity index is 3.18. The standard InChI is InChI=1S/C64H124N4O8/c1-9-17-25-29-37-57(33-21-13-5)73-61(69)41-45-65(46-42-62(70)74-58(34-22-14-6)38-30-26-18-10-2)49-50-66(47-43-63(71)75-59(35-23-15-7)39-31-27-19-11-3)51-54-68-55-52-67(53-56-68)48-44-64(72)76-60(36-24-16-8)40-32-28-20-12-4/h57-60H,9-56H2,1-8H3. The number of carbonyl (C=O) groups excluding carboxylic acids is 4. The van der Waals surface area contributed by atoms with Crippen molar-refractivity contribution in [3.8, 4) is 0 Å². The third-order valence-corrected chi connectivity index (χ3v) is 15.7. The molecule has 1 saturated heterocycles. The van der Waals surface area contributed by atoms with Crippen LogP contribution in [-0.2, 0) is 38.1 Å². The quantitative estimate of drug-likeness (QED) is 0.0328. The van der Waals surface area contributed by atoms with Gasteiger partial charge < -0.3 is 33.6 Å². The van der Waals surface area contributed by atoms with E-state index in [1.807, 2.05) is 0 Å². The van der Waals surface area contributed by atoms with Crippen LogP contribution >= 0.6 is 0 Å². The Kier molecular flexibility index (Phi) is 48.0. The van der Waals surface area contributed by atoms with Gasteiger partial charge in [-0.3, -0.25) is 24.1 Å². The van der Waals surface area contributed by atoms with Crippen LogP contribution in [0.25, 0.3) is 0 Å². The molecule has 1 rings (SSSR count). The van der Waals surface area contributed by atoms with Gasteiger partial charge in [-0.15, -0.1) is 0 Å². The van der Waals surface area contributed by atoms with Crippen LogP contribution in [0.15, 0.2) is 0 Å². The predicted octanol–water partition coefficient (Wildman–Crippen LogP) is 15.1. The molecule has 4 unspecified atom stereocenters. The number of rotatable bonds is 54. The molecule has 0 aliphatic carbocycles. The Bertz CT molecular complexity index is 1320. The molecule has 1 aliphatic heterocycles. The second-order valence-corrected chi connectivity index (χ2v) is 22.8. The Morgan fingerprint density at radius 1 is 0.303 bits per heavy atom. The number of unbranched alkanes of at least 4 members (excludes halogenated alkanes) is 16. The molecule has 0 spiro atoms. The van der Waals surface area contributed by atoms with Crippen LogP contribution in [0, 0.1) is 0 Å². The molecule has 0 aromatic heterocycles. The van der Waals surface area contributed by atoms with Crippen molar-refractivity contribution in [3.63, 3.8) is 0 Å². The highest BCUT2D eigenvalue weighted by atomic mass is 16.6. The summed E-state index contributed by atoms with van der Waals surface area (Å²) in [5.74, 6) is -0.503. The zero-order chi connectivity index (χ0) is 55.7. The first kappa shape index (κ1) is 71.7. The number of carbonyl (C=O) groups is 4. The smallest absolute Gasteiger partial charge is 0.307 e. The molecule has 0 saturated carbocycles. The van der Waals surface area contributed by atoms with Crippen molar-refractivity contribution in [1.29, 1.82) is 0 Å². The van der Waals surface area contributed by atoms with Crippen molar-refractivity contribution in [1.82, 2.24) is 19.6 Å². The summed E-state index contributed by atoms with van der Waals surface area (Å²) in [6.45, 7) is 26.6. The molecule has 0 aromatic carbocycles. The highest BCUT2D eigenvalue weighted by molar-refractivity contribution is 5.71.